The number of hydrogen-bond donors (Lipinski definition) is 1. The number of nitrogens with zero attached hydrogens (tertiary/aromatic N) is 1. The standard InChI is InChI=1S/C19H34N2O2/c1-19(2,3)20-15-11-9-7-5-4-6-8-10-12-16-21-17(22)13-14-18(21)23/h13-14,20H,4-12,15-16H2,1-3H3. The molecule has 0 aromatic heterocycles. The molecule has 1 rings (SSSR count). The Bertz CT molecular complexity index is 379. The predicted molar refractivity (Wildman–Crippen MR) is 95.2 cm³/mol. The maximum absolute atomic E-state index is 11.4. The molecule has 0 saturated carbocycles. The zero-order valence-corrected chi connectivity index (χ0v) is 15.2. The van der Waals surface area contributed by atoms with Crippen LogP contribution in [0, 0.1) is 0 Å². The smallest absolute Gasteiger partial charge is 0.253 e. The molecule has 0 bridgehead atoms. The fraction of sp³-hybridized carbons (Fsp3) is 0.789. The van der Waals surface area contributed by atoms with Gasteiger partial charge in [-0.1, -0.05) is 44.9 Å². The fourth-order valence-corrected chi connectivity index (χ4v) is 2.75. The first-order chi connectivity index (χ1) is 10.9. The monoisotopic (exact) mass is 322 g/mol. The van der Waals surface area contributed by atoms with E-state index in [0.29, 0.717) is 6.54 Å². The molecule has 0 aromatic rings. The third-order valence-electron chi connectivity index (χ3n) is 4.11. The van der Waals surface area contributed by atoms with E-state index in [-0.39, 0.29) is 17.4 Å². The summed E-state index contributed by atoms with van der Waals surface area (Å²) >= 11 is 0. The van der Waals surface area contributed by atoms with Crippen molar-refractivity contribution < 1.29 is 9.59 Å². The highest BCUT2D eigenvalue weighted by atomic mass is 16.2. The van der Waals surface area contributed by atoms with E-state index in [4.69, 9.17) is 0 Å². The molecular weight excluding hydrogens is 288 g/mol. The summed E-state index contributed by atoms with van der Waals surface area (Å²) in [7, 11) is 0. The molecule has 0 unspecified atom stereocenters. The normalized spacial score (nSPS) is 15.0. The fourth-order valence-electron chi connectivity index (χ4n) is 2.75. The van der Waals surface area contributed by atoms with Crippen LogP contribution in [0.2, 0.25) is 0 Å². The lowest BCUT2D eigenvalue weighted by atomic mass is 10.1. The lowest BCUT2D eigenvalue weighted by Gasteiger charge is -2.20. The average molecular weight is 322 g/mol. The van der Waals surface area contributed by atoms with E-state index in [1.807, 2.05) is 0 Å². The Morgan fingerprint density at radius 3 is 1.70 bits per heavy atom. The molecule has 4 nitrogen and oxygen atoms in total. The summed E-state index contributed by atoms with van der Waals surface area (Å²) in [6.45, 7) is 8.31. The number of rotatable bonds is 12. The van der Waals surface area contributed by atoms with E-state index in [0.717, 1.165) is 19.4 Å². The molecule has 4 heteroatoms. The van der Waals surface area contributed by atoms with Crippen molar-refractivity contribution in [2.75, 3.05) is 13.1 Å². The molecule has 0 aliphatic carbocycles. The zero-order valence-electron chi connectivity index (χ0n) is 15.2. The van der Waals surface area contributed by atoms with E-state index >= 15 is 0 Å². The van der Waals surface area contributed by atoms with Crippen molar-refractivity contribution in [2.45, 2.75) is 84.1 Å². The van der Waals surface area contributed by atoms with E-state index < -0.39 is 0 Å². The van der Waals surface area contributed by atoms with Crippen LogP contribution in [0.1, 0.15) is 78.6 Å². The van der Waals surface area contributed by atoms with Crippen LogP contribution in [0.15, 0.2) is 12.2 Å². The van der Waals surface area contributed by atoms with Crippen LogP contribution in [-0.2, 0) is 9.59 Å². The molecule has 0 radical (unpaired) electrons. The van der Waals surface area contributed by atoms with Gasteiger partial charge in [-0.2, -0.15) is 0 Å². The summed E-state index contributed by atoms with van der Waals surface area (Å²) in [6.07, 6.45) is 13.8. The molecule has 2 amide bonds. The van der Waals surface area contributed by atoms with Gasteiger partial charge < -0.3 is 5.32 Å². The largest absolute Gasteiger partial charge is 0.312 e. The lowest BCUT2D eigenvalue weighted by Crippen LogP contribution is -2.36. The lowest BCUT2D eigenvalue weighted by molar-refractivity contribution is -0.136. The van der Waals surface area contributed by atoms with Crippen molar-refractivity contribution in [3.05, 3.63) is 12.2 Å². The minimum absolute atomic E-state index is 0.157. The Kier molecular flexibility index (Phi) is 9.15. The van der Waals surface area contributed by atoms with Gasteiger partial charge in [0, 0.05) is 24.2 Å². The maximum Gasteiger partial charge on any atom is 0.253 e. The van der Waals surface area contributed by atoms with Crippen molar-refractivity contribution in [1.82, 2.24) is 10.2 Å². The number of carbonyl (C=O) groups excluding carboxylic acids is 2. The highest BCUT2D eigenvalue weighted by Gasteiger charge is 2.21. The maximum atomic E-state index is 11.4. The number of imide groups is 1. The Morgan fingerprint density at radius 1 is 0.783 bits per heavy atom. The molecule has 0 spiro atoms. The second-order valence-electron chi connectivity index (χ2n) is 7.52. The van der Waals surface area contributed by atoms with Crippen molar-refractivity contribution in [2.24, 2.45) is 0 Å². The number of amides is 2. The molecular formula is C19H34N2O2. The molecule has 132 valence electrons. The molecule has 1 aliphatic rings. The van der Waals surface area contributed by atoms with Gasteiger partial charge in [-0.3, -0.25) is 14.5 Å². The van der Waals surface area contributed by atoms with Gasteiger partial charge in [0.15, 0.2) is 0 Å². The van der Waals surface area contributed by atoms with E-state index in [1.54, 1.807) is 0 Å². The second kappa shape index (κ2) is 10.6. The molecule has 23 heavy (non-hydrogen) atoms. The van der Waals surface area contributed by atoms with E-state index in [1.165, 1.54) is 62.0 Å². The van der Waals surface area contributed by atoms with Crippen LogP contribution in [0.25, 0.3) is 0 Å². The number of carbonyl (C=O) groups is 2. The molecule has 0 aromatic carbocycles. The Morgan fingerprint density at radius 2 is 1.22 bits per heavy atom. The van der Waals surface area contributed by atoms with Gasteiger partial charge in [0.05, 0.1) is 0 Å². The van der Waals surface area contributed by atoms with Crippen LogP contribution in [0.4, 0.5) is 0 Å². The van der Waals surface area contributed by atoms with E-state index in [9.17, 15) is 9.59 Å². The van der Waals surface area contributed by atoms with Crippen LogP contribution in [-0.4, -0.2) is 35.3 Å². The number of unbranched alkanes of at least 4 members (excludes halogenated alkanes) is 8. The van der Waals surface area contributed by atoms with Gasteiger partial charge in [0.25, 0.3) is 11.8 Å². The van der Waals surface area contributed by atoms with Crippen LogP contribution < -0.4 is 5.32 Å². The van der Waals surface area contributed by atoms with Crippen molar-refractivity contribution in [3.63, 3.8) is 0 Å². The molecule has 1 N–H and O–H groups in total. The first kappa shape index (κ1) is 19.9. The van der Waals surface area contributed by atoms with Gasteiger partial charge in [0.1, 0.15) is 0 Å². The molecule has 0 fully saturated rings. The van der Waals surface area contributed by atoms with Crippen LogP contribution in [0.5, 0.6) is 0 Å². The number of nitrogens with one attached hydrogen (secondary N) is 1. The van der Waals surface area contributed by atoms with Crippen LogP contribution >= 0.6 is 0 Å². The third-order valence-corrected chi connectivity index (χ3v) is 4.11. The topological polar surface area (TPSA) is 49.4 Å². The highest BCUT2D eigenvalue weighted by Crippen LogP contribution is 2.11. The Labute approximate surface area is 141 Å². The predicted octanol–water partition coefficient (Wildman–Crippen LogP) is 3.81. The summed E-state index contributed by atoms with van der Waals surface area (Å²) in [5.74, 6) is -0.313. The quantitative estimate of drug-likeness (QED) is 0.439. The SMILES string of the molecule is CC(C)(C)NCCCCCCCCCCCN1C(=O)C=CC1=O. The molecule has 1 heterocycles. The van der Waals surface area contributed by atoms with Gasteiger partial charge in [-0.15, -0.1) is 0 Å². The first-order valence-corrected chi connectivity index (χ1v) is 9.19. The van der Waals surface area contributed by atoms with Crippen molar-refractivity contribution in [3.8, 4) is 0 Å². The third kappa shape index (κ3) is 9.54. The second-order valence-corrected chi connectivity index (χ2v) is 7.52. The molecule has 0 saturated heterocycles. The van der Waals surface area contributed by atoms with Gasteiger partial charge >= 0.3 is 0 Å². The molecule has 1 aliphatic heterocycles. The minimum Gasteiger partial charge on any atom is -0.312 e. The van der Waals surface area contributed by atoms with Gasteiger partial charge in [-0.25, -0.2) is 0 Å². The van der Waals surface area contributed by atoms with Crippen molar-refractivity contribution >= 4 is 11.8 Å². The summed E-state index contributed by atoms with van der Waals surface area (Å²) in [4.78, 5) is 24.1. The summed E-state index contributed by atoms with van der Waals surface area (Å²) < 4.78 is 0. The van der Waals surface area contributed by atoms with E-state index in [2.05, 4.69) is 26.1 Å². The number of hydrogen-bond acceptors (Lipinski definition) is 3. The summed E-state index contributed by atoms with van der Waals surface area (Å²) in [6, 6.07) is 0. The summed E-state index contributed by atoms with van der Waals surface area (Å²) in [5.41, 5.74) is 0.236. The Hall–Kier alpha value is -1.16. The first-order valence-electron chi connectivity index (χ1n) is 9.19. The molecule has 0 atom stereocenters. The average Bonchev–Trinajstić information content (AvgIpc) is 2.78. The Balaban J connectivity index is 1.82. The zero-order chi connectivity index (χ0) is 17.1. The summed E-state index contributed by atoms with van der Waals surface area (Å²) in [5, 5.41) is 3.52. The minimum atomic E-state index is -0.157. The van der Waals surface area contributed by atoms with Crippen LogP contribution in [0.3, 0.4) is 0 Å². The highest BCUT2D eigenvalue weighted by molar-refractivity contribution is 6.12. The van der Waals surface area contributed by atoms with Gasteiger partial charge in [0.2, 0.25) is 0 Å². The van der Waals surface area contributed by atoms with Crippen molar-refractivity contribution in [1.29, 1.82) is 0 Å². The van der Waals surface area contributed by atoms with Gasteiger partial charge in [-0.05, 0) is 40.2 Å².